The average molecular weight is 777 g/mol. The van der Waals surface area contributed by atoms with Crippen molar-refractivity contribution in [2.75, 3.05) is 0 Å². The standard InChI is InChI=1S/C58H37N3/c1-3-15-44(16-4-1)59-53-21-11-9-19-47(53)49-34-40(24-29-55(49)59)42-26-31-57-51(36-42)52-37-43(27-32-58(52)61(57)46-28-23-38-13-7-8-14-39(38)33-46)41-25-30-56-50(35-41)48-20-10-12-22-54(48)60(56)45-17-5-2-6-18-45/h1-37H/p+1. The van der Waals surface area contributed by atoms with Crippen LogP contribution in [0.15, 0.2) is 224 Å². The Morgan fingerprint density at radius 2 is 0.787 bits per heavy atom. The van der Waals surface area contributed by atoms with E-state index in [1.54, 1.807) is 0 Å². The molecule has 0 saturated heterocycles. The van der Waals surface area contributed by atoms with E-state index in [9.17, 15) is 0 Å². The lowest BCUT2D eigenvalue weighted by Gasteiger charge is -2.14. The van der Waals surface area contributed by atoms with Gasteiger partial charge >= 0.3 is 0 Å². The lowest BCUT2D eigenvalue weighted by Crippen LogP contribution is -2.95. The summed E-state index contributed by atoms with van der Waals surface area (Å²) in [5.74, 6) is 0. The quantitative estimate of drug-likeness (QED) is 0.179. The van der Waals surface area contributed by atoms with Crippen molar-refractivity contribution in [1.29, 1.82) is 0 Å². The molecule has 10 aromatic carbocycles. The molecule has 13 rings (SSSR count). The molecular weight excluding hydrogens is 739 g/mol. The van der Waals surface area contributed by atoms with Gasteiger partial charge in [0.25, 0.3) is 0 Å². The molecule has 1 N–H and O–H groups in total. The molecule has 0 fully saturated rings. The van der Waals surface area contributed by atoms with Crippen LogP contribution >= 0.6 is 0 Å². The van der Waals surface area contributed by atoms with Crippen molar-refractivity contribution in [2.45, 2.75) is 0 Å². The maximum absolute atomic E-state index is 2.45. The second kappa shape index (κ2) is 13.3. The van der Waals surface area contributed by atoms with E-state index in [1.807, 2.05) is 0 Å². The van der Waals surface area contributed by atoms with E-state index >= 15 is 0 Å². The minimum atomic E-state index is 1.16. The zero-order valence-corrected chi connectivity index (χ0v) is 33.3. The molecule has 0 radical (unpaired) electrons. The first kappa shape index (κ1) is 33.9. The normalized spacial score (nSPS) is 13.4. The van der Waals surface area contributed by atoms with Crippen LogP contribution in [-0.2, 0) is 0 Å². The molecule has 1 unspecified atom stereocenters. The van der Waals surface area contributed by atoms with Crippen molar-refractivity contribution in [3.8, 4) is 44.8 Å². The molecule has 3 nitrogen and oxygen atoms in total. The van der Waals surface area contributed by atoms with Crippen molar-refractivity contribution in [3.05, 3.63) is 224 Å². The summed E-state index contributed by atoms with van der Waals surface area (Å²) in [6.07, 6.45) is 0. The molecule has 2 aromatic heterocycles. The Bertz CT molecular complexity index is 3700. The fourth-order valence-electron chi connectivity index (χ4n) is 10.1. The Balaban J connectivity index is 1.00. The molecule has 0 bridgehead atoms. The van der Waals surface area contributed by atoms with Gasteiger partial charge in [0.15, 0.2) is 0 Å². The largest absolute Gasteiger partial charge is 0.309 e. The van der Waals surface area contributed by atoms with Crippen LogP contribution < -0.4 is 4.90 Å². The predicted octanol–water partition coefficient (Wildman–Crippen LogP) is 14.5. The summed E-state index contributed by atoms with van der Waals surface area (Å²) in [5.41, 5.74) is 18.4. The Labute approximate surface area is 353 Å². The summed E-state index contributed by atoms with van der Waals surface area (Å²) in [6.45, 7) is 0. The monoisotopic (exact) mass is 776 g/mol. The molecule has 1 aliphatic heterocycles. The van der Waals surface area contributed by atoms with Crippen LogP contribution in [0.25, 0.3) is 99.1 Å². The van der Waals surface area contributed by atoms with Crippen LogP contribution in [0.5, 0.6) is 0 Å². The van der Waals surface area contributed by atoms with E-state index in [1.165, 1.54) is 115 Å². The number of nitrogens with one attached hydrogen (secondary N) is 1. The molecule has 0 spiro atoms. The number of quaternary nitrogens is 1. The van der Waals surface area contributed by atoms with Gasteiger partial charge in [0.05, 0.1) is 27.6 Å². The highest BCUT2D eigenvalue weighted by Gasteiger charge is 2.33. The van der Waals surface area contributed by atoms with Gasteiger partial charge in [0.2, 0.25) is 0 Å². The average Bonchev–Trinajstić information content (AvgIpc) is 3.96. The molecule has 0 amide bonds. The third-order valence-electron chi connectivity index (χ3n) is 12.9. The smallest absolute Gasteiger partial charge is 0.149 e. The first-order valence-corrected chi connectivity index (χ1v) is 21.1. The van der Waals surface area contributed by atoms with Gasteiger partial charge < -0.3 is 9.13 Å². The summed E-state index contributed by atoms with van der Waals surface area (Å²) < 4.78 is 4.83. The Morgan fingerprint density at radius 1 is 0.279 bits per heavy atom. The maximum Gasteiger partial charge on any atom is 0.149 e. The number of rotatable bonds is 5. The topological polar surface area (TPSA) is 14.3 Å². The van der Waals surface area contributed by atoms with E-state index in [0.29, 0.717) is 0 Å². The van der Waals surface area contributed by atoms with E-state index in [0.717, 1.165) is 5.69 Å². The Morgan fingerprint density at radius 3 is 1.51 bits per heavy atom. The molecule has 284 valence electrons. The first-order chi connectivity index (χ1) is 30.2. The highest BCUT2D eigenvalue weighted by Crippen LogP contribution is 2.43. The molecule has 0 aliphatic carbocycles. The summed E-state index contributed by atoms with van der Waals surface area (Å²) in [4.78, 5) is 1.31. The van der Waals surface area contributed by atoms with Gasteiger partial charge in [-0.05, 0) is 130 Å². The third-order valence-corrected chi connectivity index (χ3v) is 12.9. The zero-order chi connectivity index (χ0) is 40.0. The van der Waals surface area contributed by atoms with E-state index in [-0.39, 0.29) is 0 Å². The number of para-hydroxylation sites is 4. The van der Waals surface area contributed by atoms with Gasteiger partial charge in [0.1, 0.15) is 17.1 Å². The van der Waals surface area contributed by atoms with Crippen LogP contribution in [0.2, 0.25) is 0 Å². The van der Waals surface area contributed by atoms with Gasteiger partial charge in [-0.2, -0.15) is 0 Å². The predicted molar refractivity (Wildman–Crippen MR) is 255 cm³/mol. The lowest BCUT2D eigenvalue weighted by molar-refractivity contribution is -0.677. The number of nitrogens with zero attached hydrogens (tertiary/aromatic N) is 2. The second-order valence-corrected chi connectivity index (χ2v) is 16.3. The van der Waals surface area contributed by atoms with Gasteiger partial charge in [-0.3, -0.25) is 0 Å². The Hall–Kier alpha value is -7.98. The summed E-state index contributed by atoms with van der Waals surface area (Å²) >= 11 is 0. The Kier molecular flexibility index (Phi) is 7.38. The van der Waals surface area contributed by atoms with E-state index in [4.69, 9.17) is 0 Å². The number of aromatic nitrogens is 2. The molecule has 12 aromatic rings. The van der Waals surface area contributed by atoms with Gasteiger partial charge in [-0.1, -0.05) is 115 Å². The van der Waals surface area contributed by atoms with Crippen LogP contribution in [0.1, 0.15) is 0 Å². The molecule has 1 aliphatic rings. The second-order valence-electron chi connectivity index (χ2n) is 16.3. The molecule has 3 heteroatoms. The summed E-state index contributed by atoms with van der Waals surface area (Å²) in [7, 11) is 0. The third kappa shape index (κ3) is 5.21. The molecule has 1 atom stereocenters. The fraction of sp³-hybridized carbons (Fsp3) is 0. The SMILES string of the molecule is c1ccc(-n2c3ccccc3c3cc(-c4ccc5c(c4)c4cc(-c6ccc7c(c6)-c6ccccc6[NH+]7c6ccccc6)ccc4n5-c4ccc5ccccc5c4)ccc32)cc1. The fourth-order valence-corrected chi connectivity index (χ4v) is 10.1. The van der Waals surface area contributed by atoms with Crippen LogP contribution in [0, 0.1) is 0 Å². The lowest BCUT2D eigenvalue weighted by atomic mass is 9.97. The van der Waals surface area contributed by atoms with Crippen LogP contribution in [0.4, 0.5) is 17.1 Å². The number of fused-ring (bicyclic) bond motifs is 10. The van der Waals surface area contributed by atoms with Crippen molar-refractivity contribution in [3.63, 3.8) is 0 Å². The molecular formula is C58H38N3+. The molecule has 61 heavy (non-hydrogen) atoms. The van der Waals surface area contributed by atoms with Gasteiger partial charge in [0, 0.05) is 50.6 Å². The van der Waals surface area contributed by atoms with Crippen molar-refractivity contribution in [1.82, 2.24) is 9.13 Å². The number of hydrogen-bond acceptors (Lipinski definition) is 0. The van der Waals surface area contributed by atoms with Gasteiger partial charge in [-0.25, -0.2) is 4.90 Å². The summed E-state index contributed by atoms with van der Waals surface area (Å²) in [5, 5.41) is 7.46. The van der Waals surface area contributed by atoms with E-state index < -0.39 is 0 Å². The highest BCUT2D eigenvalue weighted by molar-refractivity contribution is 6.13. The summed E-state index contributed by atoms with van der Waals surface area (Å²) in [6, 6.07) is 82.7. The van der Waals surface area contributed by atoms with E-state index in [2.05, 4.69) is 234 Å². The van der Waals surface area contributed by atoms with Crippen molar-refractivity contribution >= 4 is 71.4 Å². The zero-order valence-electron chi connectivity index (χ0n) is 33.3. The van der Waals surface area contributed by atoms with Crippen molar-refractivity contribution in [2.24, 2.45) is 0 Å². The molecule has 3 heterocycles. The minimum Gasteiger partial charge on any atom is -0.309 e. The minimum absolute atomic E-state index is 1.16. The number of benzene rings is 10. The van der Waals surface area contributed by atoms with Crippen molar-refractivity contribution < 1.29 is 4.90 Å². The molecule has 0 saturated carbocycles. The van der Waals surface area contributed by atoms with Gasteiger partial charge in [-0.15, -0.1) is 0 Å². The number of hydrogen-bond donors (Lipinski definition) is 1. The first-order valence-electron chi connectivity index (χ1n) is 21.1. The van der Waals surface area contributed by atoms with Crippen LogP contribution in [0.3, 0.4) is 0 Å². The highest BCUT2D eigenvalue weighted by atomic mass is 15.2. The van der Waals surface area contributed by atoms with Crippen LogP contribution in [-0.4, -0.2) is 9.13 Å². The maximum atomic E-state index is 2.45.